The summed E-state index contributed by atoms with van der Waals surface area (Å²) in [6, 6.07) is 6.18. The lowest BCUT2D eigenvalue weighted by Crippen LogP contribution is -2.48. The fourth-order valence-electron chi connectivity index (χ4n) is 4.23. The van der Waals surface area contributed by atoms with Crippen LogP contribution in [-0.4, -0.2) is 52.1 Å². The van der Waals surface area contributed by atoms with E-state index in [1.165, 1.54) is 0 Å². The third-order valence-corrected chi connectivity index (χ3v) is 7.83. The summed E-state index contributed by atoms with van der Waals surface area (Å²) in [6.45, 7) is 5.18. The van der Waals surface area contributed by atoms with Gasteiger partial charge in [-0.05, 0) is 70.4 Å². The number of hydrogen-bond donors (Lipinski definition) is 3. The standard InChI is InChI=1S/C23H35N3O5S/c1-16-5-11-21(12-6-16)32(29,30)25-14-18-7-9-19(10-8-18)23(28)26-17(2)22(27)24-15-20-4-3-13-31-20/h5-6,11-12,17-20,25H,3-4,7-10,13-15H2,1-2H3,(H,24,27)(H,26,28)/t17-,18?,19?,20-/m0/s1. The van der Waals surface area contributed by atoms with Gasteiger partial charge in [-0.15, -0.1) is 0 Å². The van der Waals surface area contributed by atoms with Gasteiger partial charge >= 0.3 is 0 Å². The maximum Gasteiger partial charge on any atom is 0.242 e. The molecule has 3 N–H and O–H groups in total. The van der Waals surface area contributed by atoms with Crippen molar-refractivity contribution < 1.29 is 22.7 Å². The maximum atomic E-state index is 12.6. The Morgan fingerprint density at radius 1 is 1.06 bits per heavy atom. The molecule has 0 radical (unpaired) electrons. The normalized spacial score (nSPS) is 24.6. The van der Waals surface area contributed by atoms with Crippen molar-refractivity contribution in [2.45, 2.75) is 69.4 Å². The zero-order valence-corrected chi connectivity index (χ0v) is 19.7. The Labute approximate surface area is 190 Å². The topological polar surface area (TPSA) is 114 Å². The Morgan fingerprint density at radius 3 is 2.38 bits per heavy atom. The summed E-state index contributed by atoms with van der Waals surface area (Å²) in [5.74, 6) is -0.253. The fraction of sp³-hybridized carbons (Fsp3) is 0.652. The highest BCUT2D eigenvalue weighted by molar-refractivity contribution is 7.89. The van der Waals surface area contributed by atoms with Crippen LogP contribution >= 0.6 is 0 Å². The molecular formula is C23H35N3O5S. The van der Waals surface area contributed by atoms with E-state index in [4.69, 9.17) is 4.74 Å². The van der Waals surface area contributed by atoms with E-state index in [2.05, 4.69) is 15.4 Å². The van der Waals surface area contributed by atoms with Crippen molar-refractivity contribution >= 4 is 21.8 Å². The molecule has 2 amide bonds. The number of carbonyl (C=O) groups excluding carboxylic acids is 2. The van der Waals surface area contributed by atoms with Gasteiger partial charge in [0, 0.05) is 25.6 Å². The number of hydrogen-bond acceptors (Lipinski definition) is 5. The first-order valence-corrected chi connectivity index (χ1v) is 13.0. The summed E-state index contributed by atoms with van der Waals surface area (Å²) < 4.78 is 33.1. The maximum absolute atomic E-state index is 12.6. The van der Waals surface area contributed by atoms with Gasteiger partial charge in [0.05, 0.1) is 11.0 Å². The van der Waals surface area contributed by atoms with Crippen molar-refractivity contribution in [3.63, 3.8) is 0 Å². The first-order valence-electron chi connectivity index (χ1n) is 11.5. The molecule has 0 bridgehead atoms. The first kappa shape index (κ1) is 24.7. The van der Waals surface area contributed by atoms with Gasteiger partial charge in [-0.25, -0.2) is 13.1 Å². The molecule has 1 aromatic carbocycles. The molecule has 1 saturated carbocycles. The number of ether oxygens (including phenoxy) is 1. The highest BCUT2D eigenvalue weighted by atomic mass is 32.2. The number of rotatable bonds is 9. The monoisotopic (exact) mass is 465 g/mol. The fourth-order valence-corrected chi connectivity index (χ4v) is 5.34. The second-order valence-electron chi connectivity index (χ2n) is 8.99. The van der Waals surface area contributed by atoms with Gasteiger partial charge in [0.1, 0.15) is 6.04 Å². The molecule has 1 aliphatic carbocycles. The van der Waals surface area contributed by atoms with Gasteiger partial charge < -0.3 is 15.4 Å². The average Bonchev–Trinajstić information content (AvgIpc) is 3.30. The van der Waals surface area contributed by atoms with E-state index >= 15 is 0 Å². The molecule has 1 aromatic rings. The molecule has 1 saturated heterocycles. The van der Waals surface area contributed by atoms with Crippen LogP contribution in [0.25, 0.3) is 0 Å². The van der Waals surface area contributed by atoms with Crippen LogP contribution in [0.5, 0.6) is 0 Å². The third kappa shape index (κ3) is 7.02. The van der Waals surface area contributed by atoms with Crippen molar-refractivity contribution in [2.75, 3.05) is 19.7 Å². The van der Waals surface area contributed by atoms with E-state index in [-0.39, 0.29) is 34.6 Å². The van der Waals surface area contributed by atoms with Gasteiger partial charge in [-0.3, -0.25) is 9.59 Å². The van der Waals surface area contributed by atoms with Crippen LogP contribution in [0.15, 0.2) is 29.2 Å². The van der Waals surface area contributed by atoms with Gasteiger partial charge in [0.2, 0.25) is 21.8 Å². The number of sulfonamides is 1. The Bertz CT molecular complexity index is 873. The lowest BCUT2D eigenvalue weighted by Gasteiger charge is -2.28. The Morgan fingerprint density at radius 2 is 1.75 bits per heavy atom. The quantitative estimate of drug-likeness (QED) is 0.515. The lowest BCUT2D eigenvalue weighted by atomic mass is 9.81. The minimum atomic E-state index is -3.53. The van der Waals surface area contributed by atoms with Crippen LogP contribution in [0.3, 0.4) is 0 Å². The zero-order valence-electron chi connectivity index (χ0n) is 18.9. The summed E-state index contributed by atoms with van der Waals surface area (Å²) in [5.41, 5.74) is 1.01. The van der Waals surface area contributed by atoms with Crippen LogP contribution in [-0.2, 0) is 24.3 Å². The molecule has 0 unspecified atom stereocenters. The lowest BCUT2D eigenvalue weighted by molar-refractivity contribution is -0.131. The number of aryl methyl sites for hydroxylation is 1. The third-order valence-electron chi connectivity index (χ3n) is 6.39. The van der Waals surface area contributed by atoms with Crippen LogP contribution < -0.4 is 15.4 Å². The molecule has 32 heavy (non-hydrogen) atoms. The number of benzene rings is 1. The van der Waals surface area contributed by atoms with E-state index < -0.39 is 16.1 Å². The van der Waals surface area contributed by atoms with Crippen molar-refractivity contribution in [1.29, 1.82) is 0 Å². The highest BCUT2D eigenvalue weighted by Gasteiger charge is 2.29. The van der Waals surface area contributed by atoms with Crippen LogP contribution in [0.4, 0.5) is 0 Å². The predicted octanol–water partition coefficient (Wildman–Crippen LogP) is 1.88. The average molecular weight is 466 g/mol. The van der Waals surface area contributed by atoms with Crippen molar-refractivity contribution in [3.05, 3.63) is 29.8 Å². The number of nitrogens with one attached hydrogen (secondary N) is 3. The molecule has 3 rings (SSSR count). The van der Waals surface area contributed by atoms with Gasteiger partial charge in [0.25, 0.3) is 0 Å². The van der Waals surface area contributed by atoms with Crippen molar-refractivity contribution in [3.8, 4) is 0 Å². The smallest absolute Gasteiger partial charge is 0.242 e. The molecule has 0 spiro atoms. The Kier molecular flexibility index (Phi) is 8.67. The van der Waals surface area contributed by atoms with E-state index in [1.54, 1.807) is 31.2 Å². The predicted molar refractivity (Wildman–Crippen MR) is 121 cm³/mol. The molecule has 1 aliphatic heterocycles. The van der Waals surface area contributed by atoms with Crippen LogP contribution in [0.1, 0.15) is 51.0 Å². The second kappa shape index (κ2) is 11.2. The second-order valence-corrected chi connectivity index (χ2v) is 10.8. The van der Waals surface area contributed by atoms with E-state index in [0.29, 0.717) is 25.9 Å². The molecule has 1 heterocycles. The van der Waals surface area contributed by atoms with Gasteiger partial charge in [0.15, 0.2) is 0 Å². The van der Waals surface area contributed by atoms with E-state index in [0.717, 1.165) is 37.9 Å². The summed E-state index contributed by atoms with van der Waals surface area (Å²) in [7, 11) is -3.53. The molecule has 9 heteroatoms. The minimum Gasteiger partial charge on any atom is -0.376 e. The number of amides is 2. The molecular weight excluding hydrogens is 430 g/mol. The molecule has 8 nitrogen and oxygen atoms in total. The number of carbonyl (C=O) groups is 2. The highest BCUT2D eigenvalue weighted by Crippen LogP contribution is 2.29. The SMILES string of the molecule is Cc1ccc(S(=O)(=O)NCC2CCC(C(=O)N[C@@H](C)C(=O)NC[C@@H]3CCCO3)CC2)cc1. The summed E-state index contributed by atoms with van der Waals surface area (Å²) in [6.07, 6.45) is 4.96. The van der Waals surface area contributed by atoms with Gasteiger partial charge in [-0.1, -0.05) is 17.7 Å². The van der Waals surface area contributed by atoms with Crippen molar-refractivity contribution in [2.24, 2.45) is 11.8 Å². The molecule has 2 aliphatic rings. The van der Waals surface area contributed by atoms with E-state index in [9.17, 15) is 18.0 Å². The Balaban J connectivity index is 1.37. The van der Waals surface area contributed by atoms with E-state index in [1.807, 2.05) is 6.92 Å². The summed E-state index contributed by atoms with van der Waals surface area (Å²) in [5, 5.41) is 5.66. The largest absolute Gasteiger partial charge is 0.376 e. The van der Waals surface area contributed by atoms with Crippen LogP contribution in [0, 0.1) is 18.8 Å². The van der Waals surface area contributed by atoms with Gasteiger partial charge in [-0.2, -0.15) is 0 Å². The van der Waals surface area contributed by atoms with Crippen LogP contribution in [0.2, 0.25) is 0 Å². The molecule has 2 fully saturated rings. The first-order chi connectivity index (χ1) is 15.2. The van der Waals surface area contributed by atoms with Crippen molar-refractivity contribution in [1.82, 2.24) is 15.4 Å². The zero-order chi connectivity index (χ0) is 23.1. The summed E-state index contributed by atoms with van der Waals surface area (Å²) in [4.78, 5) is 25.1. The summed E-state index contributed by atoms with van der Waals surface area (Å²) >= 11 is 0. The minimum absolute atomic E-state index is 0.0700. The molecule has 0 aromatic heterocycles. The molecule has 178 valence electrons. The Hall–Kier alpha value is -1.97. The molecule has 2 atom stereocenters.